The third kappa shape index (κ3) is 6.31. The van der Waals surface area contributed by atoms with Crippen LogP contribution in [0.4, 0.5) is 0 Å². The lowest BCUT2D eigenvalue weighted by Crippen LogP contribution is -2.49. The zero-order valence-corrected chi connectivity index (χ0v) is 16.6. The number of carbonyl (C=O) groups is 1. The van der Waals surface area contributed by atoms with Crippen LogP contribution in [0.25, 0.3) is 10.9 Å². The zero-order valence-electron chi connectivity index (χ0n) is 14.9. The van der Waals surface area contributed by atoms with Gasteiger partial charge in [0.1, 0.15) is 0 Å². The molecule has 1 aliphatic rings. The minimum Gasteiger partial charge on any atom is -0.379 e. The summed E-state index contributed by atoms with van der Waals surface area (Å²) in [6.07, 6.45) is 1.76. The van der Waals surface area contributed by atoms with Crippen molar-refractivity contribution in [2.75, 3.05) is 45.1 Å². The molecule has 144 valence electrons. The van der Waals surface area contributed by atoms with E-state index in [0.29, 0.717) is 5.11 Å². The van der Waals surface area contributed by atoms with Gasteiger partial charge in [0.2, 0.25) is 5.91 Å². The number of rotatable bonds is 6. The van der Waals surface area contributed by atoms with Gasteiger partial charge < -0.3 is 10.1 Å². The van der Waals surface area contributed by atoms with Crippen LogP contribution in [0.15, 0.2) is 41.4 Å². The summed E-state index contributed by atoms with van der Waals surface area (Å²) in [6, 6.07) is 9.86. The molecule has 1 aromatic heterocycles. The maximum Gasteiger partial charge on any atom is 0.248 e. The van der Waals surface area contributed by atoms with Crippen molar-refractivity contribution in [2.24, 2.45) is 0 Å². The number of thioether (sulfide) groups is 1. The molecule has 0 saturated carbocycles. The zero-order chi connectivity index (χ0) is 18.9. The molecule has 27 heavy (non-hydrogen) atoms. The third-order valence-electron chi connectivity index (χ3n) is 4.09. The predicted octanol–water partition coefficient (Wildman–Crippen LogP) is 1.15. The van der Waals surface area contributed by atoms with Gasteiger partial charge in [-0.1, -0.05) is 18.2 Å². The second kappa shape index (κ2) is 10.4. The number of thiocarbonyl (C=S) groups is 1. The van der Waals surface area contributed by atoms with E-state index in [2.05, 4.69) is 26.1 Å². The molecular weight excluding hydrogens is 382 g/mol. The first-order valence-corrected chi connectivity index (χ1v) is 10.2. The van der Waals surface area contributed by atoms with Gasteiger partial charge in [-0.3, -0.25) is 25.5 Å². The molecule has 0 radical (unpaired) electrons. The highest BCUT2D eigenvalue weighted by molar-refractivity contribution is 8.00. The van der Waals surface area contributed by atoms with Crippen LogP contribution in [-0.2, 0) is 9.53 Å². The summed E-state index contributed by atoms with van der Waals surface area (Å²) in [5.41, 5.74) is 6.27. The van der Waals surface area contributed by atoms with E-state index in [9.17, 15) is 4.79 Å². The van der Waals surface area contributed by atoms with Gasteiger partial charge in [-0.15, -0.1) is 11.8 Å². The number of hydrazine groups is 1. The normalized spacial score (nSPS) is 14.7. The van der Waals surface area contributed by atoms with Crippen LogP contribution in [0.3, 0.4) is 0 Å². The molecule has 1 saturated heterocycles. The maximum absolute atomic E-state index is 12.1. The molecule has 1 fully saturated rings. The van der Waals surface area contributed by atoms with E-state index in [0.717, 1.165) is 55.2 Å². The number of para-hydroxylation sites is 1. The van der Waals surface area contributed by atoms with Crippen molar-refractivity contribution in [3.8, 4) is 0 Å². The van der Waals surface area contributed by atoms with Crippen LogP contribution in [0.2, 0.25) is 0 Å². The van der Waals surface area contributed by atoms with Crippen LogP contribution in [0.1, 0.15) is 0 Å². The Morgan fingerprint density at radius 2 is 2.04 bits per heavy atom. The van der Waals surface area contributed by atoms with E-state index in [-0.39, 0.29) is 11.7 Å². The number of carbonyl (C=O) groups excluding carboxylic acids is 1. The van der Waals surface area contributed by atoms with Crippen molar-refractivity contribution < 1.29 is 9.53 Å². The molecule has 9 heteroatoms. The third-order valence-corrected chi connectivity index (χ3v) is 5.38. The second-order valence-electron chi connectivity index (χ2n) is 6.00. The van der Waals surface area contributed by atoms with Crippen molar-refractivity contribution in [2.45, 2.75) is 4.90 Å². The molecule has 2 aromatic rings. The van der Waals surface area contributed by atoms with Gasteiger partial charge in [0.05, 0.1) is 24.5 Å². The smallest absolute Gasteiger partial charge is 0.248 e. The SMILES string of the molecule is O=C(CSc1cccc2cccnc12)NNC(=S)NCCN1CCOCC1. The summed E-state index contributed by atoms with van der Waals surface area (Å²) >= 11 is 6.63. The summed E-state index contributed by atoms with van der Waals surface area (Å²) in [7, 11) is 0. The van der Waals surface area contributed by atoms with Crippen molar-refractivity contribution in [3.05, 3.63) is 36.5 Å². The van der Waals surface area contributed by atoms with E-state index >= 15 is 0 Å². The molecule has 3 N–H and O–H groups in total. The second-order valence-corrected chi connectivity index (χ2v) is 7.43. The van der Waals surface area contributed by atoms with E-state index in [1.807, 2.05) is 30.3 Å². The van der Waals surface area contributed by atoms with Gasteiger partial charge in [-0.25, -0.2) is 0 Å². The first-order chi connectivity index (χ1) is 13.2. The Bertz CT molecular complexity index is 778. The summed E-state index contributed by atoms with van der Waals surface area (Å²) in [4.78, 5) is 19.7. The molecule has 0 unspecified atom stereocenters. The number of hydrogen-bond acceptors (Lipinski definition) is 6. The van der Waals surface area contributed by atoms with Crippen molar-refractivity contribution in [1.29, 1.82) is 0 Å². The Labute approximate surface area is 168 Å². The Morgan fingerprint density at radius 3 is 2.89 bits per heavy atom. The lowest BCUT2D eigenvalue weighted by molar-refractivity contribution is -0.119. The largest absolute Gasteiger partial charge is 0.379 e. The molecule has 0 atom stereocenters. The van der Waals surface area contributed by atoms with Crippen LogP contribution in [-0.4, -0.2) is 66.0 Å². The highest BCUT2D eigenvalue weighted by Gasteiger charge is 2.10. The lowest BCUT2D eigenvalue weighted by atomic mass is 10.2. The average molecular weight is 406 g/mol. The maximum atomic E-state index is 12.1. The fourth-order valence-corrected chi connectivity index (χ4v) is 3.69. The highest BCUT2D eigenvalue weighted by Crippen LogP contribution is 2.25. The molecule has 3 rings (SSSR count). The van der Waals surface area contributed by atoms with E-state index in [1.165, 1.54) is 11.8 Å². The first kappa shape index (κ1) is 19.8. The van der Waals surface area contributed by atoms with E-state index in [4.69, 9.17) is 17.0 Å². The van der Waals surface area contributed by atoms with Gasteiger partial charge in [-0.05, 0) is 24.4 Å². The summed E-state index contributed by atoms with van der Waals surface area (Å²) in [5, 5.41) is 4.56. The van der Waals surface area contributed by atoms with Gasteiger partial charge in [0.15, 0.2) is 5.11 Å². The quantitative estimate of drug-likeness (QED) is 0.375. The average Bonchev–Trinajstić information content (AvgIpc) is 2.71. The van der Waals surface area contributed by atoms with Gasteiger partial charge in [-0.2, -0.15) is 0 Å². The Morgan fingerprint density at radius 1 is 1.22 bits per heavy atom. The molecule has 2 heterocycles. The first-order valence-electron chi connectivity index (χ1n) is 8.82. The minimum atomic E-state index is -0.148. The topological polar surface area (TPSA) is 78.5 Å². The van der Waals surface area contributed by atoms with E-state index in [1.54, 1.807) is 6.20 Å². The number of ether oxygens (including phenoxy) is 1. The fourth-order valence-electron chi connectivity index (χ4n) is 2.70. The van der Waals surface area contributed by atoms with Crippen molar-refractivity contribution >= 4 is 45.9 Å². The van der Waals surface area contributed by atoms with Crippen LogP contribution >= 0.6 is 24.0 Å². The summed E-state index contributed by atoms with van der Waals surface area (Å²) in [6.45, 7) is 5.06. The number of nitrogens with zero attached hydrogens (tertiary/aromatic N) is 2. The highest BCUT2D eigenvalue weighted by atomic mass is 32.2. The number of fused-ring (bicyclic) bond motifs is 1. The number of aromatic nitrogens is 1. The molecule has 1 amide bonds. The molecule has 1 aliphatic heterocycles. The Hall–Kier alpha value is -1.94. The van der Waals surface area contributed by atoms with E-state index < -0.39 is 0 Å². The molecule has 7 nitrogen and oxygen atoms in total. The van der Waals surface area contributed by atoms with Crippen molar-refractivity contribution in [3.63, 3.8) is 0 Å². The summed E-state index contributed by atoms with van der Waals surface area (Å²) < 4.78 is 5.32. The summed E-state index contributed by atoms with van der Waals surface area (Å²) in [5.74, 6) is 0.129. The Kier molecular flexibility index (Phi) is 7.64. The number of pyridine rings is 1. The molecule has 0 spiro atoms. The number of amides is 1. The standard InChI is InChI=1S/C18H23N5O2S2/c24-16(13-27-15-5-1-3-14-4-2-6-19-17(14)15)21-22-18(26)20-7-8-23-9-11-25-12-10-23/h1-6H,7-13H2,(H,21,24)(H2,20,22,26). The van der Waals surface area contributed by atoms with Gasteiger partial charge in [0, 0.05) is 42.7 Å². The number of morpholine rings is 1. The van der Waals surface area contributed by atoms with Gasteiger partial charge in [0.25, 0.3) is 0 Å². The van der Waals surface area contributed by atoms with Crippen LogP contribution < -0.4 is 16.2 Å². The minimum absolute atomic E-state index is 0.148. The fraction of sp³-hybridized carbons (Fsp3) is 0.389. The number of hydrogen-bond donors (Lipinski definition) is 3. The molecule has 0 bridgehead atoms. The molecule has 0 aliphatic carbocycles. The molecular formula is C18H23N5O2S2. The number of nitrogens with one attached hydrogen (secondary N) is 3. The van der Waals surface area contributed by atoms with Crippen molar-refractivity contribution in [1.82, 2.24) is 26.1 Å². The monoisotopic (exact) mass is 405 g/mol. The predicted molar refractivity (Wildman–Crippen MR) is 112 cm³/mol. The lowest BCUT2D eigenvalue weighted by Gasteiger charge is -2.26. The number of benzene rings is 1. The van der Waals surface area contributed by atoms with Crippen LogP contribution in [0.5, 0.6) is 0 Å². The Balaban J connectivity index is 1.34. The molecule has 1 aromatic carbocycles. The van der Waals surface area contributed by atoms with Crippen LogP contribution in [0, 0.1) is 0 Å². The van der Waals surface area contributed by atoms with Gasteiger partial charge >= 0.3 is 0 Å².